The lowest BCUT2D eigenvalue weighted by atomic mass is 9.89. The smallest absolute Gasteiger partial charge is 0.239 e. The highest BCUT2D eigenvalue weighted by Gasteiger charge is 2.13. The Morgan fingerprint density at radius 2 is 1.79 bits per heavy atom. The van der Waals surface area contributed by atoms with Crippen LogP contribution in [0.3, 0.4) is 0 Å². The summed E-state index contributed by atoms with van der Waals surface area (Å²) in [7, 11) is 0. The third kappa shape index (κ3) is 5.97. The highest BCUT2D eigenvalue weighted by molar-refractivity contribution is 5.85. The Hall–Kier alpha value is -1.22. The molecule has 0 radical (unpaired) electrons. The molecule has 0 bridgehead atoms. The molecule has 0 aliphatic heterocycles. The fraction of sp³-hybridized carbons (Fsp3) is 0.533. The van der Waals surface area contributed by atoms with Crippen LogP contribution >= 0.6 is 12.4 Å². The summed E-state index contributed by atoms with van der Waals surface area (Å²) in [5, 5.41) is 6.14. The van der Waals surface area contributed by atoms with Crippen LogP contribution in [0.1, 0.15) is 32.1 Å². The molecule has 1 aromatic rings. The molecule has 1 saturated carbocycles. The van der Waals surface area contributed by atoms with E-state index >= 15 is 0 Å². The highest BCUT2D eigenvalue weighted by Crippen LogP contribution is 2.22. The Kier molecular flexibility index (Phi) is 7.34. The monoisotopic (exact) mass is 282 g/mol. The Morgan fingerprint density at radius 3 is 2.47 bits per heavy atom. The van der Waals surface area contributed by atoms with E-state index in [2.05, 4.69) is 10.6 Å². The van der Waals surface area contributed by atoms with Crippen LogP contribution in [0.15, 0.2) is 30.3 Å². The van der Waals surface area contributed by atoms with Crippen LogP contribution in [-0.2, 0) is 4.79 Å². The number of rotatable bonds is 5. The molecule has 1 aliphatic carbocycles. The Morgan fingerprint density at radius 1 is 1.11 bits per heavy atom. The molecule has 3 nitrogen and oxygen atoms in total. The van der Waals surface area contributed by atoms with E-state index in [9.17, 15) is 4.79 Å². The van der Waals surface area contributed by atoms with Gasteiger partial charge in [0, 0.05) is 12.2 Å². The highest BCUT2D eigenvalue weighted by atomic mass is 35.5. The summed E-state index contributed by atoms with van der Waals surface area (Å²) in [6.07, 6.45) is 6.55. The fourth-order valence-electron chi connectivity index (χ4n) is 2.45. The standard InChI is InChI=1S/C15H22N2O.ClH/c18-15(12-16-14-9-5-2-6-10-14)17-11-13-7-3-1-4-8-13;/h2,5-6,9-10,13,16H,1,3-4,7-8,11-12H2,(H,17,18);1H. The molecule has 1 amide bonds. The van der Waals surface area contributed by atoms with Crippen LogP contribution in [0.5, 0.6) is 0 Å². The van der Waals surface area contributed by atoms with E-state index in [0.29, 0.717) is 12.5 Å². The van der Waals surface area contributed by atoms with E-state index in [4.69, 9.17) is 0 Å². The number of para-hydroxylation sites is 1. The Labute approximate surface area is 121 Å². The largest absolute Gasteiger partial charge is 0.376 e. The van der Waals surface area contributed by atoms with Crippen molar-refractivity contribution in [2.45, 2.75) is 32.1 Å². The van der Waals surface area contributed by atoms with Crippen molar-refractivity contribution in [1.29, 1.82) is 0 Å². The molecule has 1 aliphatic rings. The van der Waals surface area contributed by atoms with Crippen molar-refractivity contribution in [3.63, 3.8) is 0 Å². The van der Waals surface area contributed by atoms with Crippen LogP contribution in [-0.4, -0.2) is 19.0 Å². The lowest BCUT2D eigenvalue weighted by Crippen LogP contribution is -2.34. The number of amides is 1. The molecule has 0 unspecified atom stereocenters. The number of hydrogen-bond acceptors (Lipinski definition) is 2. The first kappa shape index (κ1) is 15.8. The third-order valence-electron chi connectivity index (χ3n) is 3.54. The number of carbonyl (C=O) groups excluding carboxylic acids is 1. The second kappa shape index (κ2) is 8.81. The number of carbonyl (C=O) groups is 1. The number of hydrogen-bond donors (Lipinski definition) is 2. The zero-order valence-corrected chi connectivity index (χ0v) is 12.0. The quantitative estimate of drug-likeness (QED) is 0.871. The topological polar surface area (TPSA) is 41.1 Å². The van der Waals surface area contributed by atoms with E-state index in [1.165, 1.54) is 32.1 Å². The summed E-state index contributed by atoms with van der Waals surface area (Å²) in [4.78, 5) is 11.7. The molecule has 0 atom stereocenters. The molecular weight excluding hydrogens is 260 g/mol. The maximum Gasteiger partial charge on any atom is 0.239 e. The summed E-state index contributed by atoms with van der Waals surface area (Å²) in [5.41, 5.74) is 0.991. The number of benzene rings is 1. The molecule has 0 saturated heterocycles. The predicted octanol–water partition coefficient (Wildman–Crippen LogP) is 3.22. The fourth-order valence-corrected chi connectivity index (χ4v) is 2.45. The van der Waals surface area contributed by atoms with Gasteiger partial charge in [0.2, 0.25) is 5.91 Å². The normalized spacial score (nSPS) is 15.4. The van der Waals surface area contributed by atoms with Crippen molar-refractivity contribution in [3.05, 3.63) is 30.3 Å². The molecule has 1 fully saturated rings. The van der Waals surface area contributed by atoms with Crippen molar-refractivity contribution < 1.29 is 4.79 Å². The van der Waals surface area contributed by atoms with E-state index in [1.54, 1.807) is 0 Å². The summed E-state index contributed by atoms with van der Waals surface area (Å²) in [5.74, 6) is 0.781. The minimum Gasteiger partial charge on any atom is -0.376 e. The zero-order chi connectivity index (χ0) is 12.6. The van der Waals surface area contributed by atoms with E-state index < -0.39 is 0 Å². The molecule has 19 heavy (non-hydrogen) atoms. The summed E-state index contributed by atoms with van der Waals surface area (Å²) in [6.45, 7) is 1.20. The average molecular weight is 283 g/mol. The van der Waals surface area contributed by atoms with Gasteiger partial charge in [-0.1, -0.05) is 37.5 Å². The first-order valence-electron chi connectivity index (χ1n) is 6.90. The van der Waals surface area contributed by atoms with Gasteiger partial charge < -0.3 is 10.6 Å². The summed E-state index contributed by atoms with van der Waals surface area (Å²) in [6, 6.07) is 9.82. The van der Waals surface area contributed by atoms with Crippen LogP contribution in [0.2, 0.25) is 0 Å². The van der Waals surface area contributed by atoms with Crippen molar-refractivity contribution >= 4 is 24.0 Å². The molecule has 4 heteroatoms. The van der Waals surface area contributed by atoms with Gasteiger partial charge in [-0.05, 0) is 30.9 Å². The molecule has 0 aromatic heterocycles. The lowest BCUT2D eigenvalue weighted by molar-refractivity contribution is -0.119. The number of nitrogens with one attached hydrogen (secondary N) is 2. The zero-order valence-electron chi connectivity index (χ0n) is 11.2. The SMILES string of the molecule is Cl.O=C(CNc1ccccc1)NCC1CCCCC1. The second-order valence-corrected chi connectivity index (χ2v) is 5.03. The lowest BCUT2D eigenvalue weighted by Gasteiger charge is -2.21. The second-order valence-electron chi connectivity index (χ2n) is 5.03. The van der Waals surface area contributed by atoms with Crippen molar-refractivity contribution in [2.24, 2.45) is 5.92 Å². The molecular formula is C15H23ClN2O. The van der Waals surface area contributed by atoms with Gasteiger partial charge in [0.25, 0.3) is 0 Å². The van der Waals surface area contributed by atoms with E-state index in [-0.39, 0.29) is 18.3 Å². The molecule has 2 rings (SSSR count). The minimum absolute atomic E-state index is 0. The van der Waals surface area contributed by atoms with Gasteiger partial charge in [-0.3, -0.25) is 4.79 Å². The predicted molar refractivity (Wildman–Crippen MR) is 81.8 cm³/mol. The first-order chi connectivity index (χ1) is 8.84. The van der Waals surface area contributed by atoms with Crippen molar-refractivity contribution in [3.8, 4) is 0 Å². The van der Waals surface area contributed by atoms with E-state index in [0.717, 1.165) is 12.2 Å². The van der Waals surface area contributed by atoms with Crippen LogP contribution < -0.4 is 10.6 Å². The minimum atomic E-state index is 0. The Balaban J connectivity index is 0.00000180. The number of halogens is 1. The first-order valence-corrected chi connectivity index (χ1v) is 6.90. The maximum absolute atomic E-state index is 11.7. The van der Waals surface area contributed by atoms with E-state index in [1.807, 2.05) is 30.3 Å². The molecule has 0 heterocycles. The van der Waals surface area contributed by atoms with Gasteiger partial charge in [0.15, 0.2) is 0 Å². The maximum atomic E-state index is 11.7. The van der Waals surface area contributed by atoms with Crippen LogP contribution in [0, 0.1) is 5.92 Å². The van der Waals surface area contributed by atoms with Gasteiger partial charge in [-0.2, -0.15) is 0 Å². The van der Waals surface area contributed by atoms with Gasteiger partial charge in [0.1, 0.15) is 0 Å². The third-order valence-corrected chi connectivity index (χ3v) is 3.54. The summed E-state index contributed by atoms with van der Waals surface area (Å²) < 4.78 is 0. The number of anilines is 1. The van der Waals surface area contributed by atoms with Crippen molar-refractivity contribution in [1.82, 2.24) is 5.32 Å². The van der Waals surface area contributed by atoms with Gasteiger partial charge in [-0.15, -0.1) is 12.4 Å². The molecule has 2 N–H and O–H groups in total. The van der Waals surface area contributed by atoms with Gasteiger partial charge >= 0.3 is 0 Å². The Bertz CT molecular complexity index is 364. The van der Waals surface area contributed by atoms with Crippen molar-refractivity contribution in [2.75, 3.05) is 18.4 Å². The van der Waals surface area contributed by atoms with Gasteiger partial charge in [-0.25, -0.2) is 0 Å². The van der Waals surface area contributed by atoms with Crippen LogP contribution in [0.4, 0.5) is 5.69 Å². The molecule has 106 valence electrons. The summed E-state index contributed by atoms with van der Waals surface area (Å²) >= 11 is 0. The van der Waals surface area contributed by atoms with Crippen LogP contribution in [0.25, 0.3) is 0 Å². The molecule has 1 aromatic carbocycles. The van der Waals surface area contributed by atoms with Gasteiger partial charge in [0.05, 0.1) is 6.54 Å². The average Bonchev–Trinajstić information content (AvgIpc) is 2.45. The molecule has 0 spiro atoms.